The van der Waals surface area contributed by atoms with Crippen molar-refractivity contribution in [3.8, 4) is 11.5 Å². The number of thioether (sulfide) groups is 1. The Bertz CT molecular complexity index is 1530. The quantitative estimate of drug-likeness (QED) is 0.368. The molecular weight excluding hydrogens is 500 g/mol. The topological polar surface area (TPSA) is 121 Å². The van der Waals surface area contributed by atoms with Crippen molar-refractivity contribution in [2.75, 3.05) is 6.61 Å². The Hall–Kier alpha value is -4.22. The number of amides is 1. The van der Waals surface area contributed by atoms with Gasteiger partial charge in [0.2, 0.25) is 5.17 Å². The average molecular weight is 519 g/mol. The van der Waals surface area contributed by atoms with Gasteiger partial charge in [-0.05, 0) is 48.2 Å². The highest BCUT2D eigenvalue weighted by molar-refractivity contribution is 8.27. The van der Waals surface area contributed by atoms with Crippen molar-refractivity contribution in [3.05, 3.63) is 96.1 Å². The molecule has 3 aromatic carbocycles. The van der Waals surface area contributed by atoms with Gasteiger partial charge in [0.15, 0.2) is 5.84 Å². The van der Waals surface area contributed by atoms with Gasteiger partial charge >= 0.3 is 10.1 Å². The lowest BCUT2D eigenvalue weighted by molar-refractivity contribution is -0.114. The Kier molecular flexibility index (Phi) is 6.40. The molecule has 2 aliphatic heterocycles. The Balaban J connectivity index is 1.39. The summed E-state index contributed by atoms with van der Waals surface area (Å²) >= 11 is 1.15. The van der Waals surface area contributed by atoms with Gasteiger partial charge in [0.1, 0.15) is 28.0 Å². The number of fused-ring (bicyclic) bond motifs is 1. The summed E-state index contributed by atoms with van der Waals surface area (Å²) in [7, 11) is -4.10. The zero-order chi connectivity index (χ0) is 25.1. The van der Waals surface area contributed by atoms with E-state index in [1.807, 2.05) is 30.3 Å². The van der Waals surface area contributed by atoms with Crippen LogP contribution in [-0.2, 0) is 14.9 Å². The number of rotatable bonds is 7. The minimum Gasteiger partial charge on any atom is -0.487 e. The maximum Gasteiger partial charge on any atom is 0.339 e. The molecule has 0 unspecified atom stereocenters. The summed E-state index contributed by atoms with van der Waals surface area (Å²) in [4.78, 5) is 16.8. The SMILES string of the molecule is N=C1/C(=C\c2ccccc2OS(=O)(=O)c2ccccc2)C(=O)N=C2SC(COc3ccccc3)=NN12. The van der Waals surface area contributed by atoms with Crippen molar-refractivity contribution in [2.24, 2.45) is 10.1 Å². The highest BCUT2D eigenvalue weighted by Gasteiger charge is 2.36. The molecule has 180 valence electrons. The number of carbonyl (C=O) groups excluding carboxylic acids is 1. The third kappa shape index (κ3) is 4.92. The summed E-state index contributed by atoms with van der Waals surface area (Å²) in [5, 5.41) is 15.0. The predicted molar refractivity (Wildman–Crippen MR) is 138 cm³/mol. The number of benzene rings is 3. The van der Waals surface area contributed by atoms with E-state index in [0.717, 1.165) is 11.8 Å². The fraction of sp³-hybridized carbons (Fsp3) is 0.0400. The second-order valence-electron chi connectivity index (χ2n) is 7.50. The van der Waals surface area contributed by atoms with Gasteiger partial charge in [0.25, 0.3) is 5.91 Å². The number of nitrogens with one attached hydrogen (secondary N) is 1. The molecule has 5 rings (SSSR count). The van der Waals surface area contributed by atoms with Crippen molar-refractivity contribution < 1.29 is 22.1 Å². The number of aliphatic imine (C=N–C) groups is 1. The summed E-state index contributed by atoms with van der Waals surface area (Å²) in [6.07, 6.45) is 1.37. The first-order chi connectivity index (χ1) is 17.4. The molecule has 2 heterocycles. The molecule has 2 aliphatic rings. The number of para-hydroxylation sites is 2. The third-order valence-electron chi connectivity index (χ3n) is 5.05. The predicted octanol–water partition coefficient (Wildman–Crippen LogP) is 4.15. The van der Waals surface area contributed by atoms with Crippen LogP contribution in [0.25, 0.3) is 6.08 Å². The Labute approximate surface area is 211 Å². The number of amidine groups is 2. The van der Waals surface area contributed by atoms with Crippen LogP contribution >= 0.6 is 11.8 Å². The third-order valence-corrected chi connectivity index (χ3v) is 7.18. The first-order valence-corrected chi connectivity index (χ1v) is 12.9. The molecule has 1 amide bonds. The molecule has 0 atom stereocenters. The fourth-order valence-corrected chi connectivity index (χ4v) is 5.11. The van der Waals surface area contributed by atoms with Crippen LogP contribution in [0.1, 0.15) is 5.56 Å². The zero-order valence-corrected chi connectivity index (χ0v) is 20.2. The van der Waals surface area contributed by atoms with E-state index in [-0.39, 0.29) is 33.8 Å². The van der Waals surface area contributed by atoms with Crippen LogP contribution in [0.5, 0.6) is 11.5 Å². The molecule has 36 heavy (non-hydrogen) atoms. The van der Waals surface area contributed by atoms with Crippen LogP contribution in [0.15, 0.2) is 105 Å². The van der Waals surface area contributed by atoms with Gasteiger partial charge in [-0.25, -0.2) is 0 Å². The number of hydrazone groups is 1. The van der Waals surface area contributed by atoms with Crippen molar-refractivity contribution in [1.82, 2.24) is 5.01 Å². The van der Waals surface area contributed by atoms with Crippen molar-refractivity contribution in [2.45, 2.75) is 4.90 Å². The largest absolute Gasteiger partial charge is 0.487 e. The highest BCUT2D eigenvalue weighted by Crippen LogP contribution is 2.31. The molecule has 0 bridgehead atoms. The minimum absolute atomic E-state index is 0.00290. The van der Waals surface area contributed by atoms with Gasteiger partial charge in [-0.15, -0.1) is 0 Å². The molecule has 3 aromatic rings. The van der Waals surface area contributed by atoms with Crippen LogP contribution in [0.2, 0.25) is 0 Å². The Morgan fingerprint density at radius 1 is 0.944 bits per heavy atom. The van der Waals surface area contributed by atoms with E-state index in [9.17, 15) is 13.2 Å². The molecular formula is C25H18N4O5S2. The first kappa shape index (κ1) is 23.5. The van der Waals surface area contributed by atoms with Crippen LogP contribution in [0.4, 0.5) is 0 Å². The Morgan fingerprint density at radius 2 is 1.61 bits per heavy atom. The molecule has 0 saturated carbocycles. The molecule has 0 saturated heterocycles. The molecule has 9 nitrogen and oxygen atoms in total. The fourth-order valence-electron chi connectivity index (χ4n) is 3.34. The zero-order valence-electron chi connectivity index (χ0n) is 18.6. The van der Waals surface area contributed by atoms with Gasteiger partial charge in [-0.1, -0.05) is 54.6 Å². The minimum atomic E-state index is -4.10. The summed E-state index contributed by atoms with van der Waals surface area (Å²) < 4.78 is 36.5. The Morgan fingerprint density at radius 3 is 2.36 bits per heavy atom. The molecule has 0 radical (unpaired) electrons. The highest BCUT2D eigenvalue weighted by atomic mass is 32.2. The van der Waals surface area contributed by atoms with Crippen LogP contribution < -0.4 is 8.92 Å². The van der Waals surface area contributed by atoms with Gasteiger partial charge in [0.05, 0.1) is 5.57 Å². The van der Waals surface area contributed by atoms with E-state index in [0.29, 0.717) is 16.4 Å². The number of hydrogen-bond acceptors (Lipinski definition) is 8. The summed E-state index contributed by atoms with van der Waals surface area (Å²) in [5.41, 5.74) is 0.244. The molecule has 0 spiro atoms. The smallest absolute Gasteiger partial charge is 0.339 e. The summed E-state index contributed by atoms with van der Waals surface area (Å²) in [5.74, 6) is -0.144. The second-order valence-corrected chi connectivity index (χ2v) is 10.1. The van der Waals surface area contributed by atoms with Crippen LogP contribution in [0.3, 0.4) is 0 Å². The van der Waals surface area contributed by atoms with Crippen molar-refractivity contribution in [3.63, 3.8) is 0 Å². The van der Waals surface area contributed by atoms with Gasteiger partial charge in [-0.2, -0.15) is 23.5 Å². The van der Waals surface area contributed by atoms with Crippen molar-refractivity contribution in [1.29, 1.82) is 5.41 Å². The standard InChI is InChI=1S/C25H18N4O5S2/c26-23-20(15-17-9-7-8-14-21(17)34-36(31,32)19-12-5-2-6-13-19)24(30)27-25-29(23)28-22(35-25)16-33-18-10-3-1-4-11-18/h1-15,26H,16H2/b20-15+,26-23?. The molecule has 11 heteroatoms. The normalized spacial score (nSPS) is 16.4. The number of carbonyl (C=O) groups is 1. The average Bonchev–Trinajstić information content (AvgIpc) is 3.30. The molecule has 0 aromatic heterocycles. The van der Waals surface area contributed by atoms with Gasteiger partial charge in [0, 0.05) is 5.56 Å². The molecule has 1 N–H and O–H groups in total. The summed E-state index contributed by atoms with van der Waals surface area (Å²) in [6.45, 7) is 0.152. The lowest BCUT2D eigenvalue weighted by atomic mass is 10.1. The van der Waals surface area contributed by atoms with Crippen LogP contribution in [0, 0.1) is 5.41 Å². The monoisotopic (exact) mass is 518 g/mol. The lowest BCUT2D eigenvalue weighted by Gasteiger charge is -2.20. The second kappa shape index (κ2) is 9.80. The maximum absolute atomic E-state index is 12.8. The van der Waals surface area contributed by atoms with Gasteiger partial charge < -0.3 is 8.92 Å². The van der Waals surface area contributed by atoms with E-state index in [4.69, 9.17) is 14.3 Å². The lowest BCUT2D eigenvalue weighted by Crippen LogP contribution is -2.35. The van der Waals surface area contributed by atoms with E-state index >= 15 is 0 Å². The van der Waals surface area contributed by atoms with Crippen LogP contribution in [-0.4, -0.2) is 42.0 Å². The maximum atomic E-state index is 12.8. The van der Waals surface area contributed by atoms with Gasteiger partial charge in [-0.3, -0.25) is 10.2 Å². The number of ether oxygens (including phenoxy) is 1. The van der Waals surface area contributed by atoms with E-state index in [1.54, 1.807) is 36.4 Å². The number of nitrogens with zero attached hydrogens (tertiary/aromatic N) is 3. The molecule has 0 aliphatic carbocycles. The van der Waals surface area contributed by atoms with E-state index in [1.165, 1.54) is 29.3 Å². The molecule has 0 fully saturated rings. The number of hydrogen-bond donors (Lipinski definition) is 1. The van der Waals surface area contributed by atoms with E-state index in [2.05, 4.69) is 10.1 Å². The van der Waals surface area contributed by atoms with E-state index < -0.39 is 16.0 Å². The summed E-state index contributed by atoms with van der Waals surface area (Å²) in [6, 6.07) is 23.3. The van der Waals surface area contributed by atoms with Crippen molar-refractivity contribution >= 4 is 49.9 Å². The first-order valence-electron chi connectivity index (χ1n) is 10.7.